The van der Waals surface area contributed by atoms with Crippen LogP contribution in [0, 0.1) is 55.8 Å². The normalized spacial score (nSPS) is 12.3. The zero-order chi connectivity index (χ0) is 54.9. The van der Waals surface area contributed by atoms with Crippen molar-refractivity contribution in [1.82, 2.24) is 0 Å². The van der Waals surface area contributed by atoms with Crippen LogP contribution in [0.3, 0.4) is 0 Å². The number of rotatable bonds is 10. The smallest absolute Gasteiger partial charge is 0.250 e. The lowest BCUT2D eigenvalue weighted by Crippen LogP contribution is -2.43. The van der Waals surface area contributed by atoms with Gasteiger partial charge in [-0.05, 0) is 278 Å². The second-order valence-electron chi connectivity index (χ2n) is 22.8. The van der Waals surface area contributed by atoms with E-state index in [1.807, 2.05) is 0 Å². The van der Waals surface area contributed by atoms with Gasteiger partial charge in [0, 0.05) is 52.7 Å². The molecule has 0 saturated heterocycles. The zero-order valence-corrected chi connectivity index (χ0v) is 57.5. The van der Waals surface area contributed by atoms with E-state index < -0.39 is 16.6 Å². The summed E-state index contributed by atoms with van der Waals surface area (Å²) in [6.07, 6.45) is 0. The van der Waals surface area contributed by atoms with Gasteiger partial charge in [0.1, 0.15) is 34.5 Å². The van der Waals surface area contributed by atoms with E-state index in [1.165, 1.54) is 63.9 Å². The lowest BCUT2D eigenvalue weighted by atomic mass is 9.86. The average molecular weight is 1480 g/mol. The molecular formula is C62H72I4O6Si2. The van der Waals surface area contributed by atoms with E-state index in [1.54, 1.807) is 28.4 Å². The summed E-state index contributed by atoms with van der Waals surface area (Å²) in [6.45, 7) is 35.9. The summed E-state index contributed by atoms with van der Waals surface area (Å²) in [5.41, 5.74) is 11.4. The molecule has 0 atom stereocenters. The maximum absolute atomic E-state index is 7.08. The monoisotopic (exact) mass is 1480 g/mol. The third kappa shape index (κ3) is 11.2. The average Bonchev–Trinajstić information content (AvgIpc) is 3.29. The highest BCUT2D eigenvalue weighted by Crippen LogP contribution is 2.54. The molecule has 0 radical (unpaired) electrons. The molecule has 8 rings (SSSR count). The lowest BCUT2D eigenvalue weighted by molar-refractivity contribution is 0.410. The molecular weight excluding hydrogens is 1400 g/mol. The van der Waals surface area contributed by atoms with Crippen LogP contribution in [0.2, 0.25) is 36.3 Å². The van der Waals surface area contributed by atoms with Crippen LogP contribution >= 0.6 is 90.4 Å². The molecule has 0 aliphatic carbocycles. The van der Waals surface area contributed by atoms with Crippen LogP contribution in [0.25, 0.3) is 65.3 Å². The maximum Gasteiger partial charge on any atom is 0.250 e. The van der Waals surface area contributed by atoms with Crippen molar-refractivity contribution in [3.8, 4) is 56.8 Å². The van der Waals surface area contributed by atoms with Crippen molar-refractivity contribution in [1.29, 1.82) is 0 Å². The predicted octanol–water partition coefficient (Wildman–Crippen LogP) is 20.4. The number of halogens is 4. The fourth-order valence-electron chi connectivity index (χ4n) is 9.59. The Morgan fingerprint density at radius 1 is 0.338 bits per heavy atom. The van der Waals surface area contributed by atoms with Crippen LogP contribution < -0.4 is 27.8 Å². The number of fused-ring (bicyclic) bond motifs is 4. The summed E-state index contributed by atoms with van der Waals surface area (Å²) in [7, 11) is 2.75. The van der Waals surface area contributed by atoms with Gasteiger partial charge in [0.2, 0.25) is 0 Å². The predicted molar refractivity (Wildman–Crippen MR) is 355 cm³/mol. The van der Waals surface area contributed by atoms with Gasteiger partial charge in [0.05, 0.1) is 28.4 Å². The molecule has 0 aromatic heterocycles. The number of hydrogen-bond acceptors (Lipinski definition) is 6. The molecule has 6 nitrogen and oxygen atoms in total. The van der Waals surface area contributed by atoms with Gasteiger partial charge in [-0.1, -0.05) is 65.3 Å². The van der Waals surface area contributed by atoms with Gasteiger partial charge in [-0.3, -0.25) is 0 Å². The number of hydrogen-bond donors (Lipinski definition) is 0. The summed E-state index contributed by atoms with van der Waals surface area (Å²) in [5.74, 6) is 5.17. The van der Waals surface area contributed by atoms with Gasteiger partial charge < -0.3 is 27.8 Å². The molecule has 8 aromatic rings. The highest BCUT2D eigenvalue weighted by Gasteiger charge is 2.41. The highest BCUT2D eigenvalue weighted by atomic mass is 127. The minimum atomic E-state index is -2.14. The molecule has 0 fully saturated rings. The molecule has 0 spiro atoms. The standard InChI is InChI=1S/C33H42O3Si.C29H30I4O3Si/c1-19-13-23(5)29-24(14-19)21(3)17-26(34-9)31(29)32-27(35-10)18-22(4)25-15-20(2)16-28(30(25)32)36-37(11,12)33(6,7)8;1-15-9-16(30)10-18-20(32)13-22(34-5)27(25(15)18)28-23(35-6)14-21(33)19-11-17(31)12-24(26(19)28)36-37(7,8)29(2,3)4/h13-18H,1-12H3;9-14H,1-8H3. The van der Waals surface area contributed by atoms with Crippen LogP contribution in [-0.2, 0) is 0 Å². The first kappa shape index (κ1) is 58.6. The van der Waals surface area contributed by atoms with Gasteiger partial charge in [-0.25, -0.2) is 0 Å². The molecule has 12 heteroatoms. The SMILES string of the molecule is COc1cc(C)c2cc(C)cc(C)c2c1-c1c(OC)cc(C)c2cc(C)cc(O[Si](C)(C)C(C)(C)C)c12.COc1cc(I)c2cc(I)cc(C)c2c1-c1c(OC)cc(I)c2cc(I)cc(O[Si](C)(C)C(C)(C)C)c12. The van der Waals surface area contributed by atoms with E-state index in [0.717, 1.165) is 83.6 Å². The van der Waals surface area contributed by atoms with Gasteiger partial charge in [-0.2, -0.15) is 0 Å². The number of benzene rings is 8. The Balaban J connectivity index is 0.000000216. The fraction of sp³-hybridized carbons (Fsp3) is 0.355. The van der Waals surface area contributed by atoms with Crippen LogP contribution in [0.5, 0.6) is 34.5 Å². The van der Waals surface area contributed by atoms with Crippen molar-refractivity contribution in [2.24, 2.45) is 0 Å². The third-order valence-corrected chi connectivity index (χ3v) is 27.1. The quantitative estimate of drug-likeness (QED) is 0.100. The van der Waals surface area contributed by atoms with Crippen molar-refractivity contribution in [3.05, 3.63) is 120 Å². The summed E-state index contributed by atoms with van der Waals surface area (Å²) in [4.78, 5) is 0. The van der Waals surface area contributed by atoms with Crippen molar-refractivity contribution in [2.75, 3.05) is 28.4 Å². The molecule has 0 heterocycles. The van der Waals surface area contributed by atoms with Crippen molar-refractivity contribution in [2.45, 2.75) is 119 Å². The van der Waals surface area contributed by atoms with Gasteiger partial charge in [0.15, 0.2) is 0 Å². The Labute approximate surface area is 497 Å². The number of aryl methyl sites for hydroxylation is 6. The van der Waals surface area contributed by atoms with Crippen molar-refractivity contribution < 1.29 is 27.8 Å². The van der Waals surface area contributed by atoms with Crippen molar-refractivity contribution in [3.63, 3.8) is 0 Å². The highest BCUT2D eigenvalue weighted by molar-refractivity contribution is 14.1. The molecule has 74 heavy (non-hydrogen) atoms. The Kier molecular flexibility index (Phi) is 17.4. The van der Waals surface area contributed by atoms with E-state index >= 15 is 0 Å². The summed E-state index contributed by atoms with van der Waals surface area (Å²) >= 11 is 9.65. The van der Waals surface area contributed by atoms with E-state index in [9.17, 15) is 0 Å². The summed E-state index contributed by atoms with van der Waals surface area (Å²) < 4.78 is 43.2. The molecule has 0 bridgehead atoms. The van der Waals surface area contributed by atoms with Crippen LogP contribution in [0.15, 0.2) is 72.8 Å². The van der Waals surface area contributed by atoms with Crippen LogP contribution in [0.4, 0.5) is 0 Å². The lowest BCUT2D eigenvalue weighted by Gasteiger charge is -2.37. The van der Waals surface area contributed by atoms with Gasteiger partial charge >= 0.3 is 0 Å². The Bertz CT molecular complexity index is 3300. The van der Waals surface area contributed by atoms with E-state index in [0.29, 0.717) is 0 Å². The second-order valence-corrected chi connectivity index (χ2v) is 37.1. The van der Waals surface area contributed by atoms with Crippen LogP contribution in [-0.4, -0.2) is 45.1 Å². The van der Waals surface area contributed by atoms with Crippen molar-refractivity contribution >= 4 is 150 Å². The first-order valence-electron chi connectivity index (χ1n) is 25.0. The topological polar surface area (TPSA) is 55.4 Å². The molecule has 0 N–H and O–H groups in total. The summed E-state index contributed by atoms with van der Waals surface area (Å²) in [6, 6.07) is 26.5. The fourth-order valence-corrected chi connectivity index (χ4v) is 14.4. The first-order valence-corrected chi connectivity index (χ1v) is 35.1. The number of methoxy groups -OCH3 is 4. The van der Waals surface area contributed by atoms with E-state index in [-0.39, 0.29) is 10.1 Å². The molecule has 8 aromatic carbocycles. The first-order chi connectivity index (χ1) is 34.4. The van der Waals surface area contributed by atoms with E-state index in [4.69, 9.17) is 27.8 Å². The largest absolute Gasteiger partial charge is 0.543 e. The molecule has 392 valence electrons. The summed E-state index contributed by atoms with van der Waals surface area (Å²) in [5, 5.41) is 9.48. The third-order valence-electron chi connectivity index (χ3n) is 15.4. The maximum atomic E-state index is 7.08. The molecule has 0 aliphatic heterocycles. The minimum Gasteiger partial charge on any atom is -0.543 e. The van der Waals surface area contributed by atoms with Gasteiger partial charge in [-0.15, -0.1) is 0 Å². The molecule has 0 amide bonds. The minimum absolute atomic E-state index is 0.0628. The number of ether oxygens (including phenoxy) is 4. The van der Waals surface area contributed by atoms with Crippen LogP contribution in [0.1, 0.15) is 74.9 Å². The second kappa shape index (κ2) is 22.0. The molecule has 0 unspecified atom stereocenters. The molecule has 0 saturated carbocycles. The Hall–Kier alpha value is -3.05. The van der Waals surface area contributed by atoms with E-state index in [2.05, 4.69) is 272 Å². The Morgan fingerprint density at radius 2 is 0.662 bits per heavy atom. The zero-order valence-electron chi connectivity index (χ0n) is 46.9. The van der Waals surface area contributed by atoms with Gasteiger partial charge in [0.25, 0.3) is 16.6 Å². The Morgan fingerprint density at radius 3 is 1.09 bits per heavy atom. The molecule has 0 aliphatic rings.